The molecule has 0 aliphatic rings. The number of aliphatic carboxylic acids is 1. The number of phenols is 1. The number of primary amides is 1. The maximum Gasteiger partial charge on any atom is 0.320 e. The molecule has 1 amide bonds. The van der Waals surface area contributed by atoms with Gasteiger partial charge in [0.15, 0.2) is 11.7 Å². The molecule has 1 unspecified atom stereocenters. The Kier molecular flexibility index (Phi) is 7.35. The number of halogens is 2. The maximum absolute atomic E-state index is 11.7. The van der Waals surface area contributed by atoms with E-state index in [1.165, 1.54) is 6.07 Å². The third-order valence-electron chi connectivity index (χ3n) is 4.72. The molecule has 0 saturated heterocycles. The zero-order valence-electron chi connectivity index (χ0n) is 16.5. The summed E-state index contributed by atoms with van der Waals surface area (Å²) in [5, 5.41) is 19.8. The number of phenolic OH excluding ortho intramolecular Hbond substituents is 1. The van der Waals surface area contributed by atoms with E-state index in [2.05, 4.69) is 31.9 Å². The van der Waals surface area contributed by atoms with E-state index in [4.69, 9.17) is 10.5 Å². The Hall–Kier alpha value is -2.06. The minimum absolute atomic E-state index is 0.103. The molecular formula is C21H23Br2NO5. The lowest BCUT2D eigenvalue weighted by Gasteiger charge is -2.19. The summed E-state index contributed by atoms with van der Waals surface area (Å²) in [5.74, 6) is -2.38. The lowest BCUT2D eigenvalue weighted by atomic mass is 9.94. The molecule has 2 aromatic rings. The number of carbonyl (C=O) groups excluding carboxylic acids is 1. The van der Waals surface area contributed by atoms with Crippen molar-refractivity contribution in [2.75, 3.05) is 0 Å². The smallest absolute Gasteiger partial charge is 0.320 e. The van der Waals surface area contributed by atoms with Gasteiger partial charge < -0.3 is 20.7 Å². The molecule has 0 saturated carbocycles. The van der Waals surface area contributed by atoms with Crippen LogP contribution in [-0.4, -0.2) is 22.1 Å². The molecule has 2 rings (SSSR count). The van der Waals surface area contributed by atoms with Crippen LogP contribution in [0.25, 0.3) is 0 Å². The number of carbonyl (C=O) groups is 2. The fourth-order valence-corrected chi connectivity index (χ4v) is 4.40. The average molecular weight is 529 g/mol. The summed E-state index contributed by atoms with van der Waals surface area (Å²) in [5.41, 5.74) is 7.65. The van der Waals surface area contributed by atoms with Crippen LogP contribution in [0.3, 0.4) is 0 Å². The molecule has 156 valence electrons. The normalized spacial score (nSPS) is 12.1. The van der Waals surface area contributed by atoms with Gasteiger partial charge in [0, 0.05) is 5.56 Å². The van der Waals surface area contributed by atoms with Crippen molar-refractivity contribution in [2.24, 2.45) is 5.73 Å². The third kappa shape index (κ3) is 4.75. The van der Waals surface area contributed by atoms with Crippen molar-refractivity contribution in [3.8, 4) is 17.2 Å². The highest BCUT2D eigenvalue weighted by molar-refractivity contribution is 9.11. The molecule has 0 fully saturated rings. The van der Waals surface area contributed by atoms with Crippen molar-refractivity contribution >= 4 is 43.7 Å². The van der Waals surface area contributed by atoms with E-state index >= 15 is 0 Å². The second-order valence-electron chi connectivity index (χ2n) is 7.02. The van der Waals surface area contributed by atoms with Crippen LogP contribution in [0.15, 0.2) is 27.1 Å². The number of carboxylic acids is 1. The highest BCUT2D eigenvalue weighted by Gasteiger charge is 2.30. The topological polar surface area (TPSA) is 110 Å². The maximum atomic E-state index is 11.7. The summed E-state index contributed by atoms with van der Waals surface area (Å²) in [4.78, 5) is 23.2. The summed E-state index contributed by atoms with van der Waals surface area (Å²) >= 11 is 6.86. The largest absolute Gasteiger partial charge is 0.507 e. The van der Waals surface area contributed by atoms with Gasteiger partial charge in [-0.3, -0.25) is 9.59 Å². The summed E-state index contributed by atoms with van der Waals surface area (Å²) in [6, 6.07) is 5.08. The minimum atomic E-state index is -1.47. The van der Waals surface area contributed by atoms with Crippen LogP contribution >= 0.6 is 31.9 Å². The Labute approximate surface area is 186 Å². The number of benzene rings is 2. The second-order valence-corrected chi connectivity index (χ2v) is 8.67. The SMILES string of the molecule is CCc1cc(Oc2c(Br)cc(C(C(N)=O)C(=O)O)c(C)c2Br)cc(C(C)C)c1O. The summed E-state index contributed by atoms with van der Waals surface area (Å²) < 4.78 is 7.07. The first-order valence-electron chi connectivity index (χ1n) is 9.03. The van der Waals surface area contributed by atoms with Crippen molar-refractivity contribution < 1.29 is 24.5 Å². The first-order valence-corrected chi connectivity index (χ1v) is 10.6. The van der Waals surface area contributed by atoms with E-state index in [0.29, 0.717) is 32.4 Å². The van der Waals surface area contributed by atoms with Gasteiger partial charge in [0.25, 0.3) is 0 Å². The van der Waals surface area contributed by atoms with E-state index in [9.17, 15) is 19.8 Å². The molecule has 0 aliphatic heterocycles. The van der Waals surface area contributed by atoms with Gasteiger partial charge in [-0.05, 0) is 86.0 Å². The molecule has 8 heteroatoms. The molecule has 0 bridgehead atoms. The van der Waals surface area contributed by atoms with Crippen molar-refractivity contribution in [2.45, 2.75) is 46.0 Å². The van der Waals surface area contributed by atoms with Gasteiger partial charge in [0.1, 0.15) is 11.5 Å². The van der Waals surface area contributed by atoms with Crippen LogP contribution in [0.5, 0.6) is 17.2 Å². The zero-order valence-corrected chi connectivity index (χ0v) is 19.7. The average Bonchev–Trinajstić information content (AvgIpc) is 2.63. The lowest BCUT2D eigenvalue weighted by Crippen LogP contribution is -2.28. The molecule has 0 aliphatic carbocycles. The zero-order chi connectivity index (χ0) is 22.0. The first-order chi connectivity index (χ1) is 13.5. The summed E-state index contributed by atoms with van der Waals surface area (Å²) in [7, 11) is 0. The first kappa shape index (κ1) is 23.2. The Balaban J connectivity index is 2.58. The van der Waals surface area contributed by atoms with Crippen LogP contribution in [-0.2, 0) is 16.0 Å². The van der Waals surface area contributed by atoms with Gasteiger partial charge in [0.2, 0.25) is 5.91 Å². The van der Waals surface area contributed by atoms with Gasteiger partial charge in [-0.15, -0.1) is 0 Å². The fraction of sp³-hybridized carbons (Fsp3) is 0.333. The quantitative estimate of drug-likeness (QED) is 0.419. The van der Waals surface area contributed by atoms with Crippen molar-refractivity contribution in [1.29, 1.82) is 0 Å². The van der Waals surface area contributed by atoms with E-state index in [0.717, 1.165) is 11.1 Å². The van der Waals surface area contributed by atoms with Crippen LogP contribution < -0.4 is 10.5 Å². The van der Waals surface area contributed by atoms with Crippen LogP contribution in [0, 0.1) is 6.92 Å². The molecule has 0 heterocycles. The van der Waals surface area contributed by atoms with Gasteiger partial charge >= 0.3 is 5.97 Å². The molecule has 1 atom stereocenters. The van der Waals surface area contributed by atoms with E-state index in [1.807, 2.05) is 20.8 Å². The number of ether oxygens (including phenoxy) is 1. The molecule has 4 N–H and O–H groups in total. The van der Waals surface area contributed by atoms with Crippen molar-refractivity contribution in [3.63, 3.8) is 0 Å². The van der Waals surface area contributed by atoms with Gasteiger partial charge in [-0.2, -0.15) is 0 Å². The van der Waals surface area contributed by atoms with E-state index in [1.54, 1.807) is 19.1 Å². The number of amides is 1. The molecule has 0 spiro atoms. The number of hydrogen-bond donors (Lipinski definition) is 3. The molecule has 0 aromatic heterocycles. The van der Waals surface area contributed by atoms with Gasteiger partial charge in [-0.1, -0.05) is 20.8 Å². The van der Waals surface area contributed by atoms with Crippen LogP contribution in [0.2, 0.25) is 0 Å². The van der Waals surface area contributed by atoms with Crippen LogP contribution in [0.1, 0.15) is 54.9 Å². The summed E-state index contributed by atoms with van der Waals surface area (Å²) in [6.07, 6.45) is 0.641. The molecule has 6 nitrogen and oxygen atoms in total. The second kappa shape index (κ2) is 9.17. The number of aromatic hydroxyl groups is 1. The lowest BCUT2D eigenvalue weighted by molar-refractivity contribution is -0.142. The predicted octanol–water partition coefficient (Wildman–Crippen LogP) is 5.36. The van der Waals surface area contributed by atoms with Crippen LogP contribution in [0.4, 0.5) is 0 Å². The monoisotopic (exact) mass is 527 g/mol. The Morgan fingerprint density at radius 2 is 1.79 bits per heavy atom. The number of carboxylic acid groups (broad SMARTS) is 1. The Morgan fingerprint density at radius 1 is 1.17 bits per heavy atom. The van der Waals surface area contributed by atoms with Crippen molar-refractivity contribution in [1.82, 2.24) is 0 Å². The summed E-state index contributed by atoms with van der Waals surface area (Å²) in [6.45, 7) is 7.60. The highest BCUT2D eigenvalue weighted by Crippen LogP contribution is 2.44. The Bertz CT molecular complexity index is 958. The van der Waals surface area contributed by atoms with E-state index < -0.39 is 17.8 Å². The van der Waals surface area contributed by atoms with Gasteiger partial charge in [0.05, 0.1) is 8.95 Å². The molecule has 0 radical (unpaired) electrons. The standard InChI is InChI=1S/C21H23Br2NO5/c1-5-11-6-12(7-13(9(2)3)18(11)25)29-19-15(22)8-14(10(4)17(19)23)16(20(24)26)21(27)28/h6-9,16,25H,5H2,1-4H3,(H2,24,26)(H,27,28). The van der Waals surface area contributed by atoms with Crippen molar-refractivity contribution in [3.05, 3.63) is 49.4 Å². The Morgan fingerprint density at radius 3 is 2.28 bits per heavy atom. The minimum Gasteiger partial charge on any atom is -0.507 e. The molecular weight excluding hydrogens is 506 g/mol. The fourth-order valence-electron chi connectivity index (χ4n) is 3.09. The molecule has 29 heavy (non-hydrogen) atoms. The number of nitrogens with two attached hydrogens (primary N) is 1. The third-order valence-corrected chi connectivity index (χ3v) is 6.26. The van der Waals surface area contributed by atoms with Gasteiger partial charge in [-0.25, -0.2) is 0 Å². The number of hydrogen-bond acceptors (Lipinski definition) is 4. The number of rotatable bonds is 7. The molecule has 2 aromatic carbocycles. The van der Waals surface area contributed by atoms with E-state index in [-0.39, 0.29) is 17.2 Å². The predicted molar refractivity (Wildman–Crippen MR) is 118 cm³/mol. The highest BCUT2D eigenvalue weighted by atomic mass is 79.9. The number of aryl methyl sites for hydroxylation is 1.